The topological polar surface area (TPSA) is 41.4 Å². The van der Waals surface area contributed by atoms with Gasteiger partial charge in [0, 0.05) is 37.9 Å². The van der Waals surface area contributed by atoms with Crippen molar-refractivity contribution in [1.29, 1.82) is 0 Å². The second-order valence-corrected chi connectivity index (χ2v) is 9.23. The molecule has 0 spiro atoms. The van der Waals surface area contributed by atoms with Crippen molar-refractivity contribution < 1.29 is 4.79 Å². The zero-order valence-corrected chi connectivity index (χ0v) is 19.6. The zero-order chi connectivity index (χ0) is 22.5. The quantitative estimate of drug-likeness (QED) is 0.525. The van der Waals surface area contributed by atoms with Gasteiger partial charge in [-0.3, -0.25) is 14.4 Å². The molecule has 3 aromatic rings. The maximum atomic E-state index is 13.2. The number of piperidine rings is 1. The number of amides is 1. The third-order valence-electron chi connectivity index (χ3n) is 6.51. The van der Waals surface area contributed by atoms with Crippen molar-refractivity contribution in [3.8, 4) is 0 Å². The normalized spacial score (nSPS) is 16.1. The van der Waals surface area contributed by atoms with Crippen LogP contribution in [0.5, 0.6) is 0 Å². The molecule has 1 aromatic heterocycles. The van der Waals surface area contributed by atoms with Gasteiger partial charge in [0.1, 0.15) is 5.69 Å². The maximum Gasteiger partial charge on any atom is 0.274 e. The molecule has 1 saturated heterocycles. The van der Waals surface area contributed by atoms with Gasteiger partial charge >= 0.3 is 0 Å². The lowest BCUT2D eigenvalue weighted by Gasteiger charge is -2.40. The first-order chi connectivity index (χ1) is 15.5. The molecule has 1 amide bonds. The highest BCUT2D eigenvalue weighted by molar-refractivity contribution is 6.30. The van der Waals surface area contributed by atoms with Gasteiger partial charge in [-0.05, 0) is 67.6 Å². The summed E-state index contributed by atoms with van der Waals surface area (Å²) in [6, 6.07) is 20.5. The predicted octanol–water partition coefficient (Wildman–Crippen LogP) is 4.67. The Morgan fingerprint density at radius 1 is 1.09 bits per heavy atom. The third kappa shape index (κ3) is 5.59. The van der Waals surface area contributed by atoms with Crippen LogP contribution in [-0.4, -0.2) is 51.7 Å². The van der Waals surface area contributed by atoms with Crippen LogP contribution in [0.1, 0.15) is 34.5 Å². The molecule has 1 fully saturated rings. The van der Waals surface area contributed by atoms with Crippen LogP contribution in [0.3, 0.4) is 0 Å². The molecule has 32 heavy (non-hydrogen) atoms. The SMILES string of the molecule is CN(C(=O)c1ccn(C)n1)C(Cc1ccccc1)C1CCN(Cc2cccc(Cl)c2)CC1. The number of likely N-dealkylation sites (tertiary alicyclic amines) is 1. The number of hydrogen-bond acceptors (Lipinski definition) is 3. The molecular weight excluding hydrogens is 420 g/mol. The van der Waals surface area contributed by atoms with Crippen molar-refractivity contribution >= 4 is 17.5 Å². The summed E-state index contributed by atoms with van der Waals surface area (Å²) < 4.78 is 1.68. The summed E-state index contributed by atoms with van der Waals surface area (Å²) in [5.74, 6) is 0.441. The Kier molecular flexibility index (Phi) is 7.28. The van der Waals surface area contributed by atoms with Crippen molar-refractivity contribution in [3.05, 3.63) is 88.7 Å². The highest BCUT2D eigenvalue weighted by Crippen LogP contribution is 2.28. The molecule has 0 bridgehead atoms. The molecular formula is C26H31ClN4O. The van der Waals surface area contributed by atoms with Crippen LogP contribution in [0.25, 0.3) is 0 Å². The van der Waals surface area contributed by atoms with E-state index in [0.29, 0.717) is 11.6 Å². The van der Waals surface area contributed by atoms with E-state index in [4.69, 9.17) is 11.6 Å². The highest BCUT2D eigenvalue weighted by atomic mass is 35.5. The van der Waals surface area contributed by atoms with E-state index in [1.807, 2.05) is 49.5 Å². The Morgan fingerprint density at radius 3 is 2.47 bits per heavy atom. The minimum Gasteiger partial charge on any atom is -0.337 e. The van der Waals surface area contributed by atoms with E-state index in [-0.39, 0.29) is 11.9 Å². The number of carbonyl (C=O) groups is 1. The third-order valence-corrected chi connectivity index (χ3v) is 6.74. The first-order valence-electron chi connectivity index (χ1n) is 11.3. The van der Waals surface area contributed by atoms with Gasteiger partial charge in [-0.25, -0.2) is 0 Å². The van der Waals surface area contributed by atoms with Crippen LogP contribution >= 0.6 is 11.6 Å². The number of halogens is 1. The summed E-state index contributed by atoms with van der Waals surface area (Å²) in [6.07, 6.45) is 4.81. The fourth-order valence-electron chi connectivity index (χ4n) is 4.73. The molecule has 0 radical (unpaired) electrons. The lowest BCUT2D eigenvalue weighted by atomic mass is 9.84. The average Bonchev–Trinajstić information content (AvgIpc) is 3.24. The molecule has 2 heterocycles. The number of nitrogens with zero attached hydrogens (tertiary/aromatic N) is 4. The Bertz CT molecular complexity index is 1030. The zero-order valence-electron chi connectivity index (χ0n) is 18.8. The summed E-state index contributed by atoms with van der Waals surface area (Å²) in [6.45, 7) is 2.96. The number of likely N-dealkylation sites (N-methyl/N-ethyl adjacent to an activating group) is 1. The molecule has 1 unspecified atom stereocenters. The standard InChI is InChI=1S/C26H31ClN4O/c1-29-14-13-24(28-29)26(32)30(2)25(18-20-7-4-3-5-8-20)22-11-15-31(16-12-22)19-21-9-6-10-23(27)17-21/h3-10,13-14,17,22,25H,11-12,15-16,18-19H2,1-2H3. The van der Waals surface area contributed by atoms with Crippen molar-refractivity contribution in [1.82, 2.24) is 19.6 Å². The van der Waals surface area contributed by atoms with E-state index in [1.54, 1.807) is 10.7 Å². The van der Waals surface area contributed by atoms with E-state index in [1.165, 1.54) is 11.1 Å². The van der Waals surface area contributed by atoms with Crippen molar-refractivity contribution in [2.45, 2.75) is 31.8 Å². The maximum absolute atomic E-state index is 13.2. The van der Waals surface area contributed by atoms with E-state index in [2.05, 4.69) is 40.3 Å². The molecule has 2 aromatic carbocycles. The van der Waals surface area contributed by atoms with Gasteiger partial charge in [0.25, 0.3) is 5.91 Å². The van der Waals surface area contributed by atoms with Gasteiger partial charge < -0.3 is 4.90 Å². The molecule has 1 aliphatic heterocycles. The van der Waals surface area contributed by atoms with Gasteiger partial charge in [0.15, 0.2) is 0 Å². The lowest BCUT2D eigenvalue weighted by molar-refractivity contribution is 0.0579. The summed E-state index contributed by atoms with van der Waals surface area (Å²) in [5.41, 5.74) is 3.02. The molecule has 0 saturated carbocycles. The lowest BCUT2D eigenvalue weighted by Crippen LogP contribution is -2.47. The molecule has 0 N–H and O–H groups in total. The average molecular weight is 451 g/mol. The van der Waals surface area contributed by atoms with Crippen LogP contribution in [0.15, 0.2) is 66.9 Å². The first-order valence-corrected chi connectivity index (χ1v) is 11.6. The van der Waals surface area contributed by atoms with Gasteiger partial charge in [-0.1, -0.05) is 54.1 Å². The number of benzene rings is 2. The summed E-state index contributed by atoms with van der Waals surface area (Å²) in [7, 11) is 3.77. The van der Waals surface area contributed by atoms with Gasteiger partial charge in [-0.2, -0.15) is 5.10 Å². The molecule has 4 rings (SSSR count). The number of aromatic nitrogens is 2. The fourth-order valence-corrected chi connectivity index (χ4v) is 4.94. The Balaban J connectivity index is 1.45. The Labute approximate surface area is 195 Å². The number of carbonyl (C=O) groups excluding carboxylic acids is 1. The smallest absolute Gasteiger partial charge is 0.274 e. The monoisotopic (exact) mass is 450 g/mol. The van der Waals surface area contributed by atoms with Crippen LogP contribution < -0.4 is 0 Å². The van der Waals surface area contributed by atoms with Crippen LogP contribution in [-0.2, 0) is 20.0 Å². The van der Waals surface area contributed by atoms with Gasteiger partial charge in [0.2, 0.25) is 0 Å². The van der Waals surface area contributed by atoms with Crippen LogP contribution in [0.4, 0.5) is 0 Å². The van der Waals surface area contributed by atoms with Gasteiger partial charge in [0.05, 0.1) is 0 Å². The first kappa shape index (κ1) is 22.6. The molecule has 1 atom stereocenters. The van der Waals surface area contributed by atoms with E-state index >= 15 is 0 Å². The number of rotatable bonds is 7. The molecule has 6 heteroatoms. The van der Waals surface area contributed by atoms with Crippen molar-refractivity contribution in [2.24, 2.45) is 13.0 Å². The molecule has 1 aliphatic rings. The highest BCUT2D eigenvalue weighted by Gasteiger charge is 2.32. The summed E-state index contributed by atoms with van der Waals surface area (Å²) >= 11 is 6.16. The predicted molar refractivity (Wildman–Crippen MR) is 129 cm³/mol. The largest absolute Gasteiger partial charge is 0.337 e. The van der Waals surface area contributed by atoms with Crippen LogP contribution in [0.2, 0.25) is 5.02 Å². The minimum atomic E-state index is -0.00659. The van der Waals surface area contributed by atoms with Crippen LogP contribution in [0, 0.1) is 5.92 Å². The summed E-state index contributed by atoms with van der Waals surface area (Å²) in [4.78, 5) is 17.6. The van der Waals surface area contributed by atoms with Crippen molar-refractivity contribution in [3.63, 3.8) is 0 Å². The van der Waals surface area contributed by atoms with E-state index < -0.39 is 0 Å². The minimum absolute atomic E-state index is 0.00659. The molecule has 5 nitrogen and oxygen atoms in total. The molecule has 0 aliphatic carbocycles. The fraction of sp³-hybridized carbons (Fsp3) is 0.385. The Morgan fingerprint density at radius 2 is 1.81 bits per heavy atom. The summed E-state index contributed by atoms with van der Waals surface area (Å²) in [5, 5.41) is 5.13. The second kappa shape index (κ2) is 10.3. The number of aryl methyl sites for hydroxylation is 1. The Hall–Kier alpha value is -2.63. The number of hydrogen-bond donors (Lipinski definition) is 0. The van der Waals surface area contributed by atoms with Crippen molar-refractivity contribution in [2.75, 3.05) is 20.1 Å². The second-order valence-electron chi connectivity index (χ2n) is 8.79. The van der Waals surface area contributed by atoms with Gasteiger partial charge in [-0.15, -0.1) is 0 Å². The van der Waals surface area contributed by atoms with E-state index in [9.17, 15) is 4.79 Å². The molecule has 168 valence electrons. The van der Waals surface area contributed by atoms with E-state index in [0.717, 1.165) is 43.9 Å².